The van der Waals surface area contributed by atoms with Crippen molar-refractivity contribution >= 4 is 38.8 Å². The fourth-order valence-corrected chi connectivity index (χ4v) is 3.89. The van der Waals surface area contributed by atoms with Crippen molar-refractivity contribution < 1.29 is 13.2 Å². The quantitative estimate of drug-likeness (QED) is 0.595. The number of pyridine rings is 1. The maximum absolute atomic E-state index is 12.7. The predicted octanol–water partition coefficient (Wildman–Crippen LogP) is 3.76. The molecule has 10 heteroatoms. The molecule has 0 unspecified atom stereocenters. The van der Waals surface area contributed by atoms with Gasteiger partial charge >= 0.3 is 0 Å². The largest absolute Gasteiger partial charge is 0.280 e. The molecule has 0 bridgehead atoms. The Kier molecular flexibility index (Phi) is 5.54. The molecule has 3 aromatic rings. The lowest BCUT2D eigenvalue weighted by molar-refractivity contribution is -0.117. The Morgan fingerprint density at radius 1 is 0.968 bits per heavy atom. The van der Waals surface area contributed by atoms with Crippen molar-refractivity contribution in [3.8, 4) is 0 Å². The topological polar surface area (TPSA) is 116 Å². The van der Waals surface area contributed by atoms with E-state index in [9.17, 15) is 13.2 Å². The summed E-state index contributed by atoms with van der Waals surface area (Å²) in [4.78, 5) is 16.7. The maximum Gasteiger partial charge on any atom is 0.280 e. The van der Waals surface area contributed by atoms with Crippen LogP contribution in [0, 0.1) is 0 Å². The molecular formula is C21H18N6O3S. The van der Waals surface area contributed by atoms with Crippen LogP contribution in [-0.4, -0.2) is 31.1 Å². The molecule has 1 amide bonds. The number of azo groups is 1. The summed E-state index contributed by atoms with van der Waals surface area (Å²) >= 11 is 0. The van der Waals surface area contributed by atoms with Gasteiger partial charge in [-0.2, -0.15) is 20.3 Å². The molecule has 1 aliphatic rings. The fraction of sp³-hybridized carbons (Fsp3) is 0.0952. The number of hydrogen-bond donors (Lipinski definition) is 1. The van der Waals surface area contributed by atoms with Gasteiger partial charge in [-0.3, -0.25) is 9.52 Å². The summed E-state index contributed by atoms with van der Waals surface area (Å²) in [6, 6.07) is 19.0. The third-order valence-electron chi connectivity index (χ3n) is 4.44. The van der Waals surface area contributed by atoms with E-state index < -0.39 is 16.1 Å². The van der Waals surface area contributed by atoms with Crippen LogP contribution >= 0.6 is 0 Å². The maximum atomic E-state index is 12.7. The van der Waals surface area contributed by atoms with E-state index in [1.807, 2.05) is 18.2 Å². The van der Waals surface area contributed by atoms with Gasteiger partial charge in [-0.15, -0.1) is 0 Å². The molecule has 0 fully saturated rings. The number of hydrazone groups is 1. The molecule has 9 nitrogen and oxygen atoms in total. The van der Waals surface area contributed by atoms with Crippen LogP contribution in [0.2, 0.25) is 0 Å². The summed E-state index contributed by atoms with van der Waals surface area (Å²) < 4.78 is 27.3. The summed E-state index contributed by atoms with van der Waals surface area (Å²) in [5, 5.41) is 13.8. The number of aromatic nitrogens is 1. The Morgan fingerprint density at radius 2 is 1.68 bits per heavy atom. The molecule has 0 aliphatic carbocycles. The smallest absolute Gasteiger partial charge is 0.269 e. The average Bonchev–Trinajstić information content (AvgIpc) is 3.07. The summed E-state index contributed by atoms with van der Waals surface area (Å²) in [7, 11) is -3.78. The second kappa shape index (κ2) is 8.44. The zero-order chi connectivity index (χ0) is 21.8. The minimum absolute atomic E-state index is 0.0574. The van der Waals surface area contributed by atoms with Crippen molar-refractivity contribution in [3.05, 3.63) is 79.0 Å². The van der Waals surface area contributed by atoms with Crippen LogP contribution in [0.5, 0.6) is 0 Å². The monoisotopic (exact) mass is 434 g/mol. The number of anilines is 2. The summed E-state index contributed by atoms with van der Waals surface area (Å²) in [5.41, 5.74) is 1.59. The van der Waals surface area contributed by atoms with Gasteiger partial charge in [-0.25, -0.2) is 13.4 Å². The Bertz CT molecular complexity index is 1240. The first-order valence-corrected chi connectivity index (χ1v) is 10.8. The molecule has 31 heavy (non-hydrogen) atoms. The van der Waals surface area contributed by atoms with Crippen molar-refractivity contribution in [2.75, 3.05) is 9.73 Å². The van der Waals surface area contributed by atoms with Gasteiger partial charge in [-0.05, 0) is 55.5 Å². The van der Waals surface area contributed by atoms with Crippen LogP contribution in [0.3, 0.4) is 0 Å². The Hall–Kier alpha value is -3.92. The molecule has 2 heterocycles. The number of sulfonamides is 1. The van der Waals surface area contributed by atoms with Crippen molar-refractivity contribution in [1.29, 1.82) is 0 Å². The Morgan fingerprint density at radius 3 is 2.35 bits per heavy atom. The molecule has 0 saturated heterocycles. The van der Waals surface area contributed by atoms with E-state index >= 15 is 0 Å². The van der Waals surface area contributed by atoms with Crippen LogP contribution in [0.4, 0.5) is 17.2 Å². The normalized spacial score (nSPS) is 16.5. The van der Waals surface area contributed by atoms with Crippen LogP contribution in [-0.2, 0) is 14.8 Å². The molecule has 156 valence electrons. The molecule has 0 spiro atoms. The van der Waals surface area contributed by atoms with Crippen molar-refractivity contribution in [2.24, 2.45) is 15.3 Å². The highest BCUT2D eigenvalue weighted by Crippen LogP contribution is 2.24. The molecule has 1 aliphatic heterocycles. The fourth-order valence-electron chi connectivity index (χ4n) is 2.88. The van der Waals surface area contributed by atoms with E-state index in [4.69, 9.17) is 0 Å². The lowest BCUT2D eigenvalue weighted by Crippen LogP contribution is -2.29. The van der Waals surface area contributed by atoms with Gasteiger partial charge < -0.3 is 0 Å². The van der Waals surface area contributed by atoms with Crippen LogP contribution < -0.4 is 9.73 Å². The molecule has 1 N–H and O–H groups in total. The van der Waals surface area contributed by atoms with E-state index in [1.54, 1.807) is 37.3 Å². The second-order valence-electron chi connectivity index (χ2n) is 6.66. The number of nitrogens with zero attached hydrogens (tertiary/aromatic N) is 5. The molecule has 4 rings (SSSR count). The van der Waals surface area contributed by atoms with E-state index in [2.05, 4.69) is 25.0 Å². The number of hydrogen-bond acceptors (Lipinski definition) is 7. The SMILES string of the molecule is CC1=NN(c2ccccc2)C(=O)[C@@H]1N=Nc1ccc(S(=O)(=O)Nc2ccccn2)cc1. The van der Waals surface area contributed by atoms with E-state index in [1.165, 1.54) is 35.5 Å². The Labute approximate surface area is 179 Å². The van der Waals surface area contributed by atoms with Gasteiger partial charge in [0, 0.05) is 6.20 Å². The van der Waals surface area contributed by atoms with E-state index in [-0.39, 0.29) is 16.6 Å². The molecule has 2 aromatic carbocycles. The van der Waals surface area contributed by atoms with Gasteiger partial charge in [0.05, 0.1) is 22.0 Å². The lowest BCUT2D eigenvalue weighted by Gasteiger charge is -2.11. The Balaban J connectivity index is 1.47. The molecule has 1 atom stereocenters. The minimum Gasteiger partial charge on any atom is -0.269 e. The summed E-state index contributed by atoms with van der Waals surface area (Å²) in [6.45, 7) is 1.71. The first-order chi connectivity index (χ1) is 14.9. The molecule has 0 radical (unpaired) electrons. The average molecular weight is 434 g/mol. The number of para-hydroxylation sites is 1. The van der Waals surface area contributed by atoms with Gasteiger partial charge in [0.2, 0.25) is 0 Å². The molecule has 0 saturated carbocycles. The highest BCUT2D eigenvalue weighted by atomic mass is 32.2. The van der Waals surface area contributed by atoms with Crippen LogP contribution in [0.15, 0.2) is 99.2 Å². The van der Waals surface area contributed by atoms with Crippen molar-refractivity contribution in [2.45, 2.75) is 17.9 Å². The van der Waals surface area contributed by atoms with Gasteiger partial charge in [-0.1, -0.05) is 24.3 Å². The number of amides is 1. The highest BCUT2D eigenvalue weighted by molar-refractivity contribution is 7.92. The summed E-state index contributed by atoms with van der Waals surface area (Å²) in [6.07, 6.45) is 1.50. The van der Waals surface area contributed by atoms with E-state index in [0.29, 0.717) is 17.1 Å². The summed E-state index contributed by atoms with van der Waals surface area (Å²) in [5.74, 6) is -0.0741. The van der Waals surface area contributed by atoms with Crippen molar-refractivity contribution in [3.63, 3.8) is 0 Å². The van der Waals surface area contributed by atoms with Crippen LogP contribution in [0.25, 0.3) is 0 Å². The van der Waals surface area contributed by atoms with Gasteiger partial charge in [0.25, 0.3) is 15.9 Å². The number of benzene rings is 2. The van der Waals surface area contributed by atoms with Gasteiger partial charge in [0.1, 0.15) is 5.82 Å². The zero-order valence-electron chi connectivity index (χ0n) is 16.5. The predicted molar refractivity (Wildman–Crippen MR) is 117 cm³/mol. The molecular weight excluding hydrogens is 416 g/mol. The third kappa shape index (κ3) is 4.48. The van der Waals surface area contributed by atoms with Crippen molar-refractivity contribution in [1.82, 2.24) is 4.98 Å². The number of nitrogens with one attached hydrogen (secondary N) is 1. The number of carbonyl (C=O) groups excluding carboxylic acids is 1. The van der Waals surface area contributed by atoms with Crippen LogP contribution in [0.1, 0.15) is 6.92 Å². The first kappa shape index (κ1) is 20.4. The standard InChI is InChI=1S/C21H18N6O3S/c1-15-20(21(28)27(25-15)17-7-3-2-4-8-17)24-23-16-10-12-18(13-11-16)31(29,30)26-19-9-5-6-14-22-19/h2-14,20H,1H3,(H,22,26)/t20-/m1/s1. The second-order valence-corrected chi connectivity index (χ2v) is 8.34. The highest BCUT2D eigenvalue weighted by Gasteiger charge is 2.34. The lowest BCUT2D eigenvalue weighted by atomic mass is 10.2. The van der Waals surface area contributed by atoms with E-state index in [0.717, 1.165) is 0 Å². The van der Waals surface area contributed by atoms with Gasteiger partial charge in [0.15, 0.2) is 6.04 Å². The number of carbonyl (C=O) groups is 1. The first-order valence-electron chi connectivity index (χ1n) is 9.33. The molecule has 1 aromatic heterocycles. The number of rotatable bonds is 6. The minimum atomic E-state index is -3.78. The zero-order valence-corrected chi connectivity index (χ0v) is 17.3. The third-order valence-corrected chi connectivity index (χ3v) is 5.81.